The third-order valence-electron chi connectivity index (χ3n) is 7.38. The van der Waals surface area contributed by atoms with Crippen LogP contribution in [-0.4, -0.2) is 72.4 Å². The first-order valence-electron chi connectivity index (χ1n) is 13.3. The summed E-state index contributed by atoms with van der Waals surface area (Å²) in [5.74, 6) is 0.0772. The van der Waals surface area contributed by atoms with Gasteiger partial charge in [-0.05, 0) is 75.7 Å². The minimum Gasteiger partial charge on any atom is -0.508 e. The van der Waals surface area contributed by atoms with Crippen LogP contribution >= 0.6 is 11.6 Å². The summed E-state index contributed by atoms with van der Waals surface area (Å²) in [7, 11) is 3.91. The molecule has 5 rings (SSSR count). The largest absolute Gasteiger partial charge is 0.508 e. The van der Waals surface area contributed by atoms with Crippen LogP contribution in [0.25, 0.3) is 22.6 Å². The molecule has 0 saturated carbocycles. The number of hydrogen-bond acceptors (Lipinski definition) is 7. The molecule has 206 valence electrons. The van der Waals surface area contributed by atoms with E-state index in [0.29, 0.717) is 42.0 Å². The van der Waals surface area contributed by atoms with Crippen LogP contribution in [0.3, 0.4) is 0 Å². The van der Waals surface area contributed by atoms with Gasteiger partial charge in [0.25, 0.3) is 0 Å². The fraction of sp³-hybridized carbons (Fsp3) is 0.400. The molecule has 0 spiro atoms. The van der Waals surface area contributed by atoms with E-state index in [1.807, 2.05) is 50.2 Å². The zero-order valence-electron chi connectivity index (χ0n) is 22.8. The number of nitrogens with zero attached hydrogens (tertiary/aromatic N) is 4. The summed E-state index contributed by atoms with van der Waals surface area (Å²) in [6, 6.07) is 10.3. The van der Waals surface area contributed by atoms with E-state index in [2.05, 4.69) is 15.2 Å². The van der Waals surface area contributed by atoms with E-state index < -0.39 is 5.82 Å². The van der Waals surface area contributed by atoms with Gasteiger partial charge in [-0.2, -0.15) is 9.97 Å². The average Bonchev–Trinajstić information content (AvgIpc) is 3.22. The van der Waals surface area contributed by atoms with E-state index in [1.165, 1.54) is 6.08 Å². The first-order valence-corrected chi connectivity index (χ1v) is 13.7. The summed E-state index contributed by atoms with van der Waals surface area (Å²) < 4.78 is 22.1. The first-order chi connectivity index (χ1) is 18.7. The van der Waals surface area contributed by atoms with Gasteiger partial charge in [-0.15, -0.1) is 0 Å². The number of ether oxygens (including phenoxy) is 1. The number of hydrogen-bond donors (Lipinski definition) is 2. The molecule has 1 aromatic heterocycles. The lowest BCUT2D eigenvalue weighted by Crippen LogP contribution is -2.51. The molecule has 2 bridgehead atoms. The molecule has 0 radical (unpaired) electrons. The minimum absolute atomic E-state index is 0.00439. The Morgan fingerprint density at radius 2 is 1.95 bits per heavy atom. The van der Waals surface area contributed by atoms with Crippen LogP contribution in [0.4, 0.5) is 10.2 Å². The number of aliphatic hydroxyl groups excluding tert-OH is 1. The van der Waals surface area contributed by atoms with E-state index >= 15 is 4.39 Å². The summed E-state index contributed by atoms with van der Waals surface area (Å²) in [6.07, 6.45) is 5.40. The Hall–Kier alpha value is -3.20. The topological polar surface area (TPSA) is 73.8 Å². The van der Waals surface area contributed by atoms with E-state index in [1.54, 1.807) is 19.1 Å². The molecule has 2 unspecified atom stereocenters. The lowest BCUT2D eigenvalue weighted by Gasteiger charge is -2.34. The summed E-state index contributed by atoms with van der Waals surface area (Å²) in [6.45, 7) is 6.30. The van der Waals surface area contributed by atoms with Crippen LogP contribution in [0.15, 0.2) is 42.2 Å². The Labute approximate surface area is 234 Å². The van der Waals surface area contributed by atoms with Crippen molar-refractivity contribution in [3.05, 3.63) is 69.7 Å². The van der Waals surface area contributed by atoms with Gasteiger partial charge in [-0.3, -0.25) is 0 Å². The maximum Gasteiger partial charge on any atom is 0.319 e. The van der Waals surface area contributed by atoms with Crippen LogP contribution < -0.4 is 15.0 Å². The lowest BCUT2D eigenvalue weighted by atomic mass is 10.0. The minimum atomic E-state index is -0.561. The summed E-state index contributed by atoms with van der Waals surface area (Å²) >= 11 is 6.71. The van der Waals surface area contributed by atoms with Crippen molar-refractivity contribution < 1.29 is 14.2 Å². The Morgan fingerprint density at radius 1 is 1.23 bits per heavy atom. The van der Waals surface area contributed by atoms with Crippen molar-refractivity contribution >= 4 is 40.0 Å². The molecular formula is C30H35ClFN5O2. The number of aryl methyl sites for hydroxylation is 1. The molecule has 2 aliphatic rings. The second-order valence-corrected chi connectivity index (χ2v) is 11.1. The number of anilines is 1. The second-order valence-electron chi connectivity index (χ2n) is 10.7. The number of halogens is 2. The number of aromatic nitrogens is 2. The summed E-state index contributed by atoms with van der Waals surface area (Å²) in [4.78, 5) is 13.4. The highest BCUT2D eigenvalue weighted by molar-refractivity contribution is 6.33. The highest BCUT2D eigenvalue weighted by Gasteiger charge is 2.34. The number of likely N-dealkylation sites (N-methyl/N-ethyl adjacent to an activating group) is 1. The zero-order valence-corrected chi connectivity index (χ0v) is 23.6. The summed E-state index contributed by atoms with van der Waals surface area (Å²) in [5, 5.41) is 15.1. The molecule has 7 nitrogen and oxygen atoms in total. The second kappa shape index (κ2) is 11.5. The zero-order chi connectivity index (χ0) is 27.7. The maximum absolute atomic E-state index is 16.3. The van der Waals surface area contributed by atoms with E-state index in [9.17, 15) is 5.11 Å². The van der Waals surface area contributed by atoms with Gasteiger partial charge in [0.15, 0.2) is 5.82 Å². The molecule has 3 heterocycles. The third-order valence-corrected chi connectivity index (χ3v) is 7.68. The molecule has 0 amide bonds. The van der Waals surface area contributed by atoms with E-state index in [0.717, 1.165) is 37.1 Å². The van der Waals surface area contributed by atoms with Gasteiger partial charge >= 0.3 is 6.01 Å². The number of fused-ring (bicyclic) bond motifs is 3. The molecule has 0 aliphatic carbocycles. The van der Waals surface area contributed by atoms with E-state index in [4.69, 9.17) is 21.3 Å². The Balaban J connectivity index is 1.57. The normalized spacial score (nSPS) is 19.8. The van der Waals surface area contributed by atoms with Crippen LogP contribution in [0, 0.1) is 12.7 Å². The smallest absolute Gasteiger partial charge is 0.319 e. The first kappa shape index (κ1) is 27.4. The van der Waals surface area contributed by atoms with Gasteiger partial charge in [0.2, 0.25) is 0 Å². The van der Waals surface area contributed by atoms with E-state index in [-0.39, 0.29) is 27.9 Å². The standard InChI is InChI=1S/C30H35ClFN5O2/c1-18-7-5-6-8-20(18)14-23(38)13-19(2)26-25(31)15-24-28(27(26)32)34-30(39-12-11-36(3)4)35-29(24)37-16-21-9-10-22(17-37)33-21/h5-8,13-15,21-22,33,38H,9-12,16-17H2,1-4H3/b19-13+,23-14+. The van der Waals surface area contributed by atoms with Gasteiger partial charge in [0, 0.05) is 42.7 Å². The van der Waals surface area contributed by atoms with Crippen molar-refractivity contribution in [3.63, 3.8) is 0 Å². The molecule has 2 aromatic carbocycles. The number of piperazine rings is 1. The Bertz CT molecular complexity index is 1430. The molecule has 2 aliphatic heterocycles. The highest BCUT2D eigenvalue weighted by Crippen LogP contribution is 2.38. The quantitative estimate of drug-likeness (QED) is 0.278. The number of rotatable bonds is 8. The molecule has 39 heavy (non-hydrogen) atoms. The molecular weight excluding hydrogens is 517 g/mol. The van der Waals surface area contributed by atoms with Crippen LogP contribution in [0.5, 0.6) is 6.01 Å². The van der Waals surface area contributed by atoms with Crippen LogP contribution in [-0.2, 0) is 0 Å². The van der Waals surface area contributed by atoms with Gasteiger partial charge < -0.3 is 25.0 Å². The SMILES string of the molecule is C/C(=C\C(O)=C/c1ccccc1C)c1c(Cl)cc2c(N3CC4CCC(C3)N4)nc(OCCN(C)C)nc2c1F. The van der Waals surface area contributed by atoms with Crippen molar-refractivity contribution in [2.75, 3.05) is 45.2 Å². The average molecular weight is 552 g/mol. The molecule has 2 saturated heterocycles. The fourth-order valence-corrected chi connectivity index (χ4v) is 5.70. The van der Waals surface area contributed by atoms with Crippen molar-refractivity contribution in [3.8, 4) is 6.01 Å². The van der Waals surface area contributed by atoms with Gasteiger partial charge in [0.05, 0.1) is 5.02 Å². The molecule has 3 aromatic rings. The molecule has 2 atom stereocenters. The number of benzene rings is 2. The number of allylic oxidation sites excluding steroid dienone is 2. The van der Waals surface area contributed by atoms with Crippen molar-refractivity contribution in [2.45, 2.75) is 38.8 Å². The summed E-state index contributed by atoms with van der Waals surface area (Å²) in [5.41, 5.74) is 2.74. The van der Waals surface area contributed by atoms with Gasteiger partial charge in [-0.1, -0.05) is 35.9 Å². The third kappa shape index (κ3) is 6.03. The maximum atomic E-state index is 16.3. The number of aliphatic hydroxyl groups is 1. The highest BCUT2D eigenvalue weighted by atomic mass is 35.5. The predicted octanol–water partition coefficient (Wildman–Crippen LogP) is 5.61. The molecule has 9 heteroatoms. The predicted molar refractivity (Wildman–Crippen MR) is 156 cm³/mol. The Kier molecular flexibility index (Phi) is 8.07. The lowest BCUT2D eigenvalue weighted by molar-refractivity contribution is 0.246. The molecule has 2 N–H and O–H groups in total. The van der Waals surface area contributed by atoms with Gasteiger partial charge in [-0.25, -0.2) is 4.39 Å². The van der Waals surface area contributed by atoms with Crippen molar-refractivity contribution in [1.82, 2.24) is 20.2 Å². The van der Waals surface area contributed by atoms with Crippen molar-refractivity contribution in [1.29, 1.82) is 0 Å². The molecule has 2 fully saturated rings. The van der Waals surface area contributed by atoms with Crippen molar-refractivity contribution in [2.24, 2.45) is 0 Å². The van der Waals surface area contributed by atoms with Crippen LogP contribution in [0.2, 0.25) is 5.02 Å². The Morgan fingerprint density at radius 3 is 2.64 bits per heavy atom. The number of nitrogens with one attached hydrogen (secondary N) is 1. The van der Waals surface area contributed by atoms with Crippen LogP contribution in [0.1, 0.15) is 36.5 Å². The monoisotopic (exact) mass is 551 g/mol. The van der Waals surface area contributed by atoms with Gasteiger partial charge in [0.1, 0.15) is 23.7 Å². The fourth-order valence-electron chi connectivity index (χ4n) is 5.36.